The van der Waals surface area contributed by atoms with Gasteiger partial charge in [-0.05, 0) is 36.4 Å². The number of piperazine rings is 1. The molecule has 1 aliphatic rings. The molecule has 0 bridgehead atoms. The average molecular weight is 331 g/mol. The first-order chi connectivity index (χ1) is 12.2. The Hall–Kier alpha value is -2.90. The van der Waals surface area contributed by atoms with Gasteiger partial charge in [0.15, 0.2) is 0 Å². The molecule has 2 aromatic carbocycles. The molecule has 0 aliphatic carbocycles. The molecule has 2 aromatic rings. The van der Waals surface area contributed by atoms with E-state index in [0.29, 0.717) is 12.1 Å². The van der Waals surface area contributed by atoms with Crippen LogP contribution in [-0.2, 0) is 4.79 Å². The van der Waals surface area contributed by atoms with Crippen LogP contribution in [0.1, 0.15) is 22.7 Å². The lowest BCUT2D eigenvalue weighted by Crippen LogP contribution is -2.48. The van der Waals surface area contributed by atoms with Crippen molar-refractivity contribution in [3.63, 3.8) is 0 Å². The highest BCUT2D eigenvalue weighted by Gasteiger charge is 2.28. The highest BCUT2D eigenvalue weighted by molar-refractivity contribution is 5.92. The van der Waals surface area contributed by atoms with E-state index in [1.54, 1.807) is 18.2 Å². The SMILES string of the molecule is CN1CCN(C(=O)/C=C/c2ccc(C#N)cc2)C(c2ccccc2)C1. The number of hydrogen-bond acceptors (Lipinski definition) is 3. The van der Waals surface area contributed by atoms with Gasteiger partial charge in [0.1, 0.15) is 0 Å². The fraction of sp³-hybridized carbons (Fsp3) is 0.238. The van der Waals surface area contributed by atoms with Crippen LogP contribution < -0.4 is 0 Å². The van der Waals surface area contributed by atoms with Gasteiger partial charge < -0.3 is 9.80 Å². The van der Waals surface area contributed by atoms with Crippen molar-refractivity contribution in [2.24, 2.45) is 0 Å². The number of nitriles is 1. The standard InChI is InChI=1S/C21H21N3O/c1-23-13-14-24(20(16-23)19-5-3-2-4-6-19)21(25)12-11-17-7-9-18(15-22)10-8-17/h2-12,20H,13-14,16H2,1H3/b12-11+. The molecule has 0 N–H and O–H groups in total. The molecule has 1 atom stereocenters. The van der Waals surface area contributed by atoms with Crippen molar-refractivity contribution in [2.75, 3.05) is 26.7 Å². The molecule has 1 saturated heterocycles. The fourth-order valence-corrected chi connectivity index (χ4v) is 3.08. The summed E-state index contributed by atoms with van der Waals surface area (Å²) in [6.07, 6.45) is 3.44. The minimum absolute atomic E-state index is 0.0197. The Morgan fingerprint density at radius 3 is 2.52 bits per heavy atom. The quantitative estimate of drug-likeness (QED) is 0.812. The lowest BCUT2D eigenvalue weighted by atomic mass is 10.0. The monoisotopic (exact) mass is 331 g/mol. The molecule has 1 fully saturated rings. The number of benzene rings is 2. The molecule has 1 heterocycles. The Balaban J connectivity index is 1.76. The molecule has 4 nitrogen and oxygen atoms in total. The number of rotatable bonds is 3. The molecule has 0 spiro atoms. The Kier molecular flexibility index (Phi) is 5.27. The second-order valence-corrected chi connectivity index (χ2v) is 6.29. The third-order valence-corrected chi connectivity index (χ3v) is 4.51. The molecule has 1 amide bonds. The second kappa shape index (κ2) is 7.78. The Morgan fingerprint density at radius 2 is 1.84 bits per heavy atom. The van der Waals surface area contributed by atoms with Crippen molar-refractivity contribution in [1.29, 1.82) is 5.26 Å². The van der Waals surface area contributed by atoms with Gasteiger partial charge in [0.2, 0.25) is 5.91 Å². The molecular formula is C21H21N3O. The van der Waals surface area contributed by atoms with E-state index in [9.17, 15) is 4.79 Å². The predicted octanol–water partition coefficient (Wildman–Crippen LogP) is 3.09. The minimum atomic E-state index is 0.0197. The van der Waals surface area contributed by atoms with E-state index >= 15 is 0 Å². The van der Waals surface area contributed by atoms with E-state index in [4.69, 9.17) is 5.26 Å². The molecule has 3 rings (SSSR count). The van der Waals surface area contributed by atoms with Gasteiger partial charge in [-0.1, -0.05) is 42.5 Å². The predicted molar refractivity (Wildman–Crippen MR) is 98.6 cm³/mol. The molecule has 4 heteroatoms. The zero-order valence-electron chi connectivity index (χ0n) is 14.3. The molecule has 0 saturated carbocycles. The normalized spacial score (nSPS) is 18.2. The lowest BCUT2D eigenvalue weighted by Gasteiger charge is -2.39. The number of likely N-dealkylation sites (N-methyl/N-ethyl adjacent to an activating group) is 1. The van der Waals surface area contributed by atoms with Gasteiger partial charge in [0.05, 0.1) is 17.7 Å². The van der Waals surface area contributed by atoms with Crippen LogP contribution in [0.5, 0.6) is 0 Å². The van der Waals surface area contributed by atoms with Crippen LogP contribution in [0.25, 0.3) is 6.08 Å². The zero-order valence-corrected chi connectivity index (χ0v) is 14.3. The van der Waals surface area contributed by atoms with Crippen molar-refractivity contribution in [2.45, 2.75) is 6.04 Å². The molecule has 1 unspecified atom stereocenters. The van der Waals surface area contributed by atoms with E-state index in [1.807, 2.05) is 41.3 Å². The van der Waals surface area contributed by atoms with E-state index in [-0.39, 0.29) is 11.9 Å². The maximum Gasteiger partial charge on any atom is 0.247 e. The van der Waals surface area contributed by atoms with E-state index in [0.717, 1.165) is 24.2 Å². The molecule has 25 heavy (non-hydrogen) atoms. The molecular weight excluding hydrogens is 310 g/mol. The molecule has 0 aromatic heterocycles. The average Bonchev–Trinajstić information content (AvgIpc) is 2.67. The Labute approximate surface area is 148 Å². The van der Waals surface area contributed by atoms with Gasteiger partial charge in [0, 0.05) is 25.7 Å². The van der Waals surface area contributed by atoms with Crippen molar-refractivity contribution in [1.82, 2.24) is 9.80 Å². The summed E-state index contributed by atoms with van der Waals surface area (Å²) in [4.78, 5) is 16.9. The summed E-state index contributed by atoms with van der Waals surface area (Å²) in [6, 6.07) is 19.5. The molecule has 1 aliphatic heterocycles. The second-order valence-electron chi connectivity index (χ2n) is 6.29. The van der Waals surface area contributed by atoms with E-state index in [1.165, 1.54) is 0 Å². The number of nitrogens with zero attached hydrogens (tertiary/aromatic N) is 3. The highest BCUT2D eigenvalue weighted by Crippen LogP contribution is 2.25. The molecule has 126 valence electrons. The zero-order chi connectivity index (χ0) is 17.6. The first-order valence-electron chi connectivity index (χ1n) is 8.40. The Bertz CT molecular complexity index is 790. The summed E-state index contributed by atoms with van der Waals surface area (Å²) in [5, 5.41) is 8.84. The molecule has 0 radical (unpaired) electrons. The van der Waals surface area contributed by atoms with Crippen molar-refractivity contribution in [3.05, 3.63) is 77.4 Å². The summed E-state index contributed by atoms with van der Waals surface area (Å²) >= 11 is 0. The van der Waals surface area contributed by atoms with Gasteiger partial charge in [0.25, 0.3) is 0 Å². The van der Waals surface area contributed by atoms with Crippen molar-refractivity contribution >= 4 is 12.0 Å². The van der Waals surface area contributed by atoms with Gasteiger partial charge in [-0.15, -0.1) is 0 Å². The maximum atomic E-state index is 12.8. The van der Waals surface area contributed by atoms with Crippen molar-refractivity contribution in [3.8, 4) is 6.07 Å². The van der Waals surface area contributed by atoms with Crippen LogP contribution >= 0.6 is 0 Å². The number of hydrogen-bond donors (Lipinski definition) is 0. The van der Waals surface area contributed by atoms with Crippen molar-refractivity contribution < 1.29 is 4.79 Å². The lowest BCUT2D eigenvalue weighted by molar-refractivity contribution is -0.130. The van der Waals surface area contributed by atoms with Crippen LogP contribution in [0.15, 0.2) is 60.7 Å². The Morgan fingerprint density at radius 1 is 1.12 bits per heavy atom. The van der Waals surface area contributed by atoms with Gasteiger partial charge in [-0.25, -0.2) is 0 Å². The van der Waals surface area contributed by atoms with Crippen LogP contribution in [-0.4, -0.2) is 42.4 Å². The van der Waals surface area contributed by atoms with Crippen LogP contribution in [0.3, 0.4) is 0 Å². The summed E-state index contributed by atoms with van der Waals surface area (Å²) in [7, 11) is 2.09. The maximum absolute atomic E-state index is 12.8. The highest BCUT2D eigenvalue weighted by atomic mass is 16.2. The van der Waals surface area contributed by atoms with Gasteiger partial charge >= 0.3 is 0 Å². The summed E-state index contributed by atoms with van der Waals surface area (Å²) < 4.78 is 0. The van der Waals surface area contributed by atoms with Crippen LogP contribution in [0, 0.1) is 11.3 Å². The van der Waals surface area contributed by atoms with E-state index in [2.05, 4.69) is 30.1 Å². The van der Waals surface area contributed by atoms with Gasteiger partial charge in [-0.2, -0.15) is 5.26 Å². The minimum Gasteiger partial charge on any atom is -0.330 e. The first-order valence-corrected chi connectivity index (χ1v) is 8.40. The van der Waals surface area contributed by atoms with Crippen LogP contribution in [0.4, 0.5) is 0 Å². The van der Waals surface area contributed by atoms with Gasteiger partial charge in [-0.3, -0.25) is 4.79 Å². The number of amides is 1. The summed E-state index contributed by atoms with van der Waals surface area (Å²) in [5.41, 5.74) is 2.69. The smallest absolute Gasteiger partial charge is 0.247 e. The van der Waals surface area contributed by atoms with E-state index < -0.39 is 0 Å². The topological polar surface area (TPSA) is 47.3 Å². The first kappa shape index (κ1) is 16.9. The summed E-state index contributed by atoms with van der Waals surface area (Å²) in [5.74, 6) is 0.0197. The number of carbonyl (C=O) groups is 1. The van der Waals surface area contributed by atoms with Crippen LogP contribution in [0.2, 0.25) is 0 Å². The number of carbonyl (C=O) groups excluding carboxylic acids is 1. The summed E-state index contributed by atoms with van der Waals surface area (Å²) in [6.45, 7) is 2.42. The third-order valence-electron chi connectivity index (χ3n) is 4.51. The largest absolute Gasteiger partial charge is 0.330 e. The fourth-order valence-electron chi connectivity index (χ4n) is 3.08. The third kappa shape index (κ3) is 4.14.